The molecule has 35 heavy (non-hydrogen) atoms. The first-order valence-electron chi connectivity index (χ1n) is 11.1. The number of hydrogen-bond donors (Lipinski definition) is 8. The third kappa shape index (κ3) is 10.5. The molecule has 196 valence electrons. The van der Waals surface area contributed by atoms with E-state index in [9.17, 15) is 34.2 Å². The van der Waals surface area contributed by atoms with E-state index in [2.05, 4.69) is 25.9 Å². The summed E-state index contributed by atoms with van der Waals surface area (Å²) in [6, 6.07) is -4.99. The summed E-state index contributed by atoms with van der Waals surface area (Å²) in [5.41, 5.74) is 11.2. The molecule has 5 atom stereocenters. The van der Waals surface area contributed by atoms with Crippen molar-refractivity contribution in [1.82, 2.24) is 25.9 Å². The lowest BCUT2D eigenvalue weighted by Crippen LogP contribution is -2.58. The summed E-state index contributed by atoms with van der Waals surface area (Å²) >= 11 is 0. The maximum atomic E-state index is 13.1. The Morgan fingerprint density at radius 3 is 2.06 bits per heavy atom. The maximum Gasteiger partial charge on any atom is 0.326 e. The van der Waals surface area contributed by atoms with Gasteiger partial charge in [-0.25, -0.2) is 9.78 Å². The van der Waals surface area contributed by atoms with Gasteiger partial charge in [0.05, 0.1) is 12.4 Å². The Labute approximate surface area is 202 Å². The molecule has 4 amide bonds. The number of H-pyrrole nitrogens is 1. The molecule has 0 aliphatic heterocycles. The lowest BCUT2D eigenvalue weighted by Gasteiger charge is -2.26. The second kappa shape index (κ2) is 14.0. The molecule has 14 heteroatoms. The minimum absolute atomic E-state index is 0.0174. The highest BCUT2D eigenvalue weighted by Crippen LogP contribution is 2.09. The third-order valence-corrected chi connectivity index (χ3v) is 5.07. The number of aliphatic hydroxyl groups is 1. The van der Waals surface area contributed by atoms with E-state index in [4.69, 9.17) is 11.5 Å². The Hall–Kier alpha value is -3.52. The van der Waals surface area contributed by atoms with E-state index in [0.29, 0.717) is 5.69 Å². The van der Waals surface area contributed by atoms with Crippen molar-refractivity contribution in [2.75, 3.05) is 0 Å². The smallest absolute Gasteiger partial charge is 0.326 e. The molecule has 10 N–H and O–H groups in total. The average molecular weight is 498 g/mol. The van der Waals surface area contributed by atoms with Gasteiger partial charge in [-0.1, -0.05) is 13.8 Å². The molecule has 1 heterocycles. The van der Waals surface area contributed by atoms with E-state index < -0.39 is 59.9 Å². The standard InChI is InChI=1S/C21H35N7O7/c1-10(2)6-14(18(31)26-13(21(34)35)4-5-16(22)30)27-19(32)15(7-12-8-24-9-25-12)28-20(33)17(23)11(3)29/h8-11,13-15,17,29H,4-7,23H2,1-3H3,(H2,22,30)(H,24,25)(H,26,31)(H,27,32)(H,28,33)(H,34,35). The van der Waals surface area contributed by atoms with Crippen molar-refractivity contribution in [2.45, 2.75) is 76.7 Å². The first kappa shape index (κ1) is 29.5. The number of nitrogens with zero attached hydrogens (tertiary/aromatic N) is 1. The van der Waals surface area contributed by atoms with Crippen molar-refractivity contribution in [2.24, 2.45) is 17.4 Å². The van der Waals surface area contributed by atoms with Crippen LogP contribution < -0.4 is 27.4 Å². The second-order valence-corrected chi connectivity index (χ2v) is 8.70. The normalized spacial score (nSPS) is 15.4. The highest BCUT2D eigenvalue weighted by atomic mass is 16.4. The SMILES string of the molecule is CC(C)CC(NC(=O)C(Cc1cnc[nH]1)NC(=O)C(N)C(C)O)C(=O)NC(CCC(N)=O)C(=O)O. The number of aliphatic hydroxyl groups excluding tert-OH is 1. The van der Waals surface area contributed by atoms with E-state index in [0.717, 1.165) is 0 Å². The van der Waals surface area contributed by atoms with Crippen molar-refractivity contribution in [3.63, 3.8) is 0 Å². The van der Waals surface area contributed by atoms with Crippen molar-refractivity contribution >= 4 is 29.6 Å². The Morgan fingerprint density at radius 1 is 1.00 bits per heavy atom. The molecule has 0 aromatic carbocycles. The largest absolute Gasteiger partial charge is 0.480 e. The summed E-state index contributed by atoms with van der Waals surface area (Å²) in [5.74, 6) is -4.41. The van der Waals surface area contributed by atoms with Crippen LogP contribution >= 0.6 is 0 Å². The molecule has 0 bridgehead atoms. The fourth-order valence-electron chi connectivity index (χ4n) is 3.10. The Morgan fingerprint density at radius 2 is 1.57 bits per heavy atom. The molecule has 0 aliphatic rings. The van der Waals surface area contributed by atoms with Crippen LogP contribution in [-0.4, -0.2) is 80.1 Å². The van der Waals surface area contributed by atoms with E-state index in [1.165, 1.54) is 19.4 Å². The number of carbonyl (C=O) groups is 5. The summed E-state index contributed by atoms with van der Waals surface area (Å²) in [6.45, 7) is 4.94. The molecule has 0 aliphatic carbocycles. The van der Waals surface area contributed by atoms with Crippen LogP contribution in [0.2, 0.25) is 0 Å². The number of aromatic nitrogens is 2. The molecule has 1 aromatic rings. The van der Waals surface area contributed by atoms with Gasteiger partial charge < -0.3 is 42.6 Å². The van der Waals surface area contributed by atoms with Crippen molar-refractivity contribution in [3.05, 3.63) is 18.2 Å². The van der Waals surface area contributed by atoms with Gasteiger partial charge in [-0.15, -0.1) is 0 Å². The van der Waals surface area contributed by atoms with Crippen molar-refractivity contribution in [1.29, 1.82) is 0 Å². The summed E-state index contributed by atoms with van der Waals surface area (Å²) < 4.78 is 0. The van der Waals surface area contributed by atoms with E-state index in [-0.39, 0.29) is 31.6 Å². The molecule has 14 nitrogen and oxygen atoms in total. The van der Waals surface area contributed by atoms with Crippen LogP contribution in [0.15, 0.2) is 12.5 Å². The number of hydrogen-bond acceptors (Lipinski definition) is 8. The van der Waals surface area contributed by atoms with E-state index in [1.807, 2.05) is 0 Å². The lowest BCUT2D eigenvalue weighted by molar-refractivity contribution is -0.142. The summed E-state index contributed by atoms with van der Waals surface area (Å²) in [4.78, 5) is 67.6. The summed E-state index contributed by atoms with van der Waals surface area (Å²) in [5, 5.41) is 26.3. The zero-order valence-electron chi connectivity index (χ0n) is 20.0. The lowest BCUT2D eigenvalue weighted by atomic mass is 10.0. The summed E-state index contributed by atoms with van der Waals surface area (Å²) in [6.07, 6.45) is 1.36. The summed E-state index contributed by atoms with van der Waals surface area (Å²) in [7, 11) is 0. The van der Waals surface area contributed by atoms with Crippen LogP contribution in [0.5, 0.6) is 0 Å². The Bertz CT molecular complexity index is 873. The molecule has 1 rings (SSSR count). The molecular formula is C21H35N7O7. The second-order valence-electron chi connectivity index (χ2n) is 8.70. The number of aliphatic carboxylic acids is 1. The van der Waals surface area contributed by atoms with Gasteiger partial charge in [-0.3, -0.25) is 19.2 Å². The van der Waals surface area contributed by atoms with Crippen LogP contribution in [-0.2, 0) is 30.4 Å². The average Bonchev–Trinajstić information content (AvgIpc) is 3.27. The molecule has 0 fully saturated rings. The number of nitrogens with one attached hydrogen (secondary N) is 4. The van der Waals surface area contributed by atoms with Crippen LogP contribution in [0.1, 0.15) is 45.7 Å². The zero-order chi connectivity index (χ0) is 26.7. The number of carboxylic acid groups (broad SMARTS) is 1. The number of primary amides is 1. The predicted octanol–water partition coefficient (Wildman–Crippen LogP) is -2.49. The molecule has 1 aromatic heterocycles. The van der Waals surface area contributed by atoms with Gasteiger partial charge in [0.15, 0.2) is 0 Å². The van der Waals surface area contributed by atoms with Gasteiger partial charge in [0.2, 0.25) is 23.6 Å². The zero-order valence-corrected chi connectivity index (χ0v) is 20.0. The monoisotopic (exact) mass is 497 g/mol. The molecule has 0 saturated heterocycles. The first-order chi connectivity index (χ1) is 16.3. The van der Waals surface area contributed by atoms with Crippen LogP contribution in [0.3, 0.4) is 0 Å². The highest BCUT2D eigenvalue weighted by Gasteiger charge is 2.31. The number of amides is 4. The van der Waals surface area contributed by atoms with Gasteiger partial charge in [0, 0.05) is 24.7 Å². The Balaban J connectivity index is 3.05. The highest BCUT2D eigenvalue weighted by molar-refractivity contribution is 5.94. The predicted molar refractivity (Wildman–Crippen MR) is 123 cm³/mol. The minimum atomic E-state index is -1.38. The van der Waals surface area contributed by atoms with Gasteiger partial charge in [0.25, 0.3) is 0 Å². The first-order valence-corrected chi connectivity index (χ1v) is 11.1. The topological polar surface area (TPSA) is 243 Å². The molecule has 0 spiro atoms. The van der Waals surface area contributed by atoms with Gasteiger partial charge >= 0.3 is 5.97 Å². The van der Waals surface area contributed by atoms with Gasteiger partial charge in [-0.05, 0) is 25.7 Å². The maximum absolute atomic E-state index is 13.1. The number of carboxylic acids is 1. The van der Waals surface area contributed by atoms with E-state index in [1.54, 1.807) is 13.8 Å². The number of imidazole rings is 1. The number of aromatic amines is 1. The fraction of sp³-hybridized carbons (Fsp3) is 0.619. The fourth-order valence-corrected chi connectivity index (χ4v) is 3.10. The van der Waals surface area contributed by atoms with Gasteiger partial charge in [0.1, 0.15) is 24.2 Å². The van der Waals surface area contributed by atoms with E-state index >= 15 is 0 Å². The molecule has 5 unspecified atom stereocenters. The van der Waals surface area contributed by atoms with Crippen LogP contribution in [0, 0.1) is 5.92 Å². The molecule has 0 saturated carbocycles. The molecular weight excluding hydrogens is 462 g/mol. The third-order valence-electron chi connectivity index (χ3n) is 5.07. The molecule has 0 radical (unpaired) electrons. The quantitative estimate of drug-likeness (QED) is 0.128. The minimum Gasteiger partial charge on any atom is -0.480 e. The van der Waals surface area contributed by atoms with Crippen molar-refractivity contribution < 1.29 is 34.2 Å². The number of rotatable bonds is 15. The number of nitrogens with two attached hydrogens (primary N) is 2. The van der Waals surface area contributed by atoms with Crippen LogP contribution in [0.25, 0.3) is 0 Å². The van der Waals surface area contributed by atoms with Gasteiger partial charge in [-0.2, -0.15) is 0 Å². The Kier molecular flexibility index (Phi) is 11.8. The van der Waals surface area contributed by atoms with Crippen LogP contribution in [0.4, 0.5) is 0 Å². The number of carbonyl (C=O) groups excluding carboxylic acids is 4. The van der Waals surface area contributed by atoms with Crippen molar-refractivity contribution in [3.8, 4) is 0 Å².